The van der Waals surface area contributed by atoms with Gasteiger partial charge in [0.1, 0.15) is 5.69 Å². The lowest BCUT2D eigenvalue weighted by Crippen LogP contribution is -2.31. The third-order valence-electron chi connectivity index (χ3n) is 5.72. The van der Waals surface area contributed by atoms with Gasteiger partial charge in [-0.05, 0) is 41.8 Å². The maximum atomic E-state index is 13.4. The number of aromatic nitrogens is 2. The molecule has 3 aromatic carbocycles. The van der Waals surface area contributed by atoms with Crippen LogP contribution in [0.4, 0.5) is 0 Å². The Labute approximate surface area is 200 Å². The topological polar surface area (TPSA) is 49.0 Å². The fraction of sp³-hybridized carbons (Fsp3) is 0.120. The highest BCUT2D eigenvalue weighted by atomic mass is 35.5. The van der Waals surface area contributed by atoms with E-state index in [1.54, 1.807) is 12.1 Å². The van der Waals surface area contributed by atoms with Gasteiger partial charge >= 0.3 is 0 Å². The van der Waals surface area contributed by atoms with E-state index in [0.717, 1.165) is 28.7 Å². The van der Waals surface area contributed by atoms with Gasteiger partial charge in [0, 0.05) is 32.7 Å². The SMILES string of the molecule is O=C1c2[nH]nc(-c3ccc(Cl)cc3)c2C(c2ccc(Cl)cc2Cl)N1CCc1ccccc1. The number of nitrogens with zero attached hydrogens (tertiary/aromatic N) is 2. The van der Waals surface area contributed by atoms with Crippen LogP contribution in [0.5, 0.6) is 0 Å². The minimum atomic E-state index is -0.379. The van der Waals surface area contributed by atoms with E-state index < -0.39 is 0 Å². The second-order valence-electron chi connectivity index (χ2n) is 7.67. The van der Waals surface area contributed by atoms with Crippen LogP contribution in [-0.4, -0.2) is 27.5 Å². The van der Waals surface area contributed by atoms with Gasteiger partial charge in [0.05, 0.1) is 11.7 Å². The first kappa shape index (κ1) is 21.1. The van der Waals surface area contributed by atoms with Crippen LogP contribution in [0.1, 0.15) is 33.2 Å². The van der Waals surface area contributed by atoms with Crippen molar-refractivity contribution in [2.45, 2.75) is 12.5 Å². The van der Waals surface area contributed by atoms with Crippen molar-refractivity contribution in [3.8, 4) is 11.3 Å². The summed E-state index contributed by atoms with van der Waals surface area (Å²) in [5.41, 5.74) is 4.86. The number of nitrogens with one attached hydrogen (secondary N) is 1. The van der Waals surface area contributed by atoms with Crippen LogP contribution in [0, 0.1) is 0 Å². The number of halogens is 3. The lowest BCUT2D eigenvalue weighted by atomic mass is 9.96. The molecule has 0 saturated carbocycles. The minimum absolute atomic E-state index is 0.0975. The molecule has 0 bridgehead atoms. The predicted octanol–water partition coefficient (Wildman–Crippen LogP) is 6.82. The Morgan fingerprint density at radius 2 is 1.62 bits per heavy atom. The fourth-order valence-electron chi connectivity index (χ4n) is 4.20. The van der Waals surface area contributed by atoms with E-state index >= 15 is 0 Å². The molecule has 1 atom stereocenters. The number of carbonyl (C=O) groups excluding carboxylic acids is 1. The molecule has 0 aliphatic carbocycles. The van der Waals surface area contributed by atoms with Crippen molar-refractivity contribution in [2.75, 3.05) is 6.54 Å². The highest BCUT2D eigenvalue weighted by Gasteiger charge is 2.42. The van der Waals surface area contributed by atoms with E-state index in [1.807, 2.05) is 53.4 Å². The molecule has 160 valence electrons. The van der Waals surface area contributed by atoms with E-state index in [2.05, 4.69) is 22.3 Å². The van der Waals surface area contributed by atoms with Crippen LogP contribution in [0.3, 0.4) is 0 Å². The van der Waals surface area contributed by atoms with Gasteiger partial charge in [-0.15, -0.1) is 0 Å². The molecule has 7 heteroatoms. The van der Waals surface area contributed by atoms with Gasteiger partial charge in [0.2, 0.25) is 0 Å². The molecule has 1 aromatic heterocycles. The molecule has 4 aromatic rings. The van der Waals surface area contributed by atoms with Gasteiger partial charge in [0.15, 0.2) is 0 Å². The van der Waals surface area contributed by atoms with Crippen LogP contribution < -0.4 is 0 Å². The Morgan fingerprint density at radius 3 is 2.34 bits per heavy atom. The first-order chi connectivity index (χ1) is 15.5. The zero-order valence-corrected chi connectivity index (χ0v) is 19.1. The second kappa shape index (κ2) is 8.62. The van der Waals surface area contributed by atoms with Crippen LogP contribution in [0.15, 0.2) is 72.8 Å². The van der Waals surface area contributed by atoms with E-state index in [4.69, 9.17) is 34.8 Å². The summed E-state index contributed by atoms with van der Waals surface area (Å²) in [6.45, 7) is 0.537. The van der Waals surface area contributed by atoms with Gasteiger partial charge in [-0.2, -0.15) is 5.10 Å². The zero-order chi connectivity index (χ0) is 22.2. The zero-order valence-electron chi connectivity index (χ0n) is 16.9. The molecule has 0 fully saturated rings. The van der Waals surface area contributed by atoms with Gasteiger partial charge in [-0.25, -0.2) is 0 Å². The smallest absolute Gasteiger partial charge is 0.273 e. The maximum absolute atomic E-state index is 13.4. The molecule has 1 aliphatic heterocycles. The van der Waals surface area contributed by atoms with Crippen molar-refractivity contribution in [1.82, 2.24) is 15.1 Å². The van der Waals surface area contributed by atoms with Crippen molar-refractivity contribution >= 4 is 40.7 Å². The number of hydrogen-bond donors (Lipinski definition) is 1. The van der Waals surface area contributed by atoms with Crippen LogP contribution in [-0.2, 0) is 6.42 Å². The highest BCUT2D eigenvalue weighted by Crippen LogP contribution is 2.45. The molecule has 5 rings (SSSR count). The quantitative estimate of drug-likeness (QED) is 0.339. The van der Waals surface area contributed by atoms with E-state index in [-0.39, 0.29) is 11.9 Å². The molecule has 0 spiro atoms. The molecule has 1 amide bonds. The highest BCUT2D eigenvalue weighted by molar-refractivity contribution is 6.35. The van der Waals surface area contributed by atoms with Gasteiger partial charge in [0.25, 0.3) is 5.91 Å². The summed E-state index contributed by atoms with van der Waals surface area (Å²) < 4.78 is 0. The summed E-state index contributed by atoms with van der Waals surface area (Å²) in [5, 5.41) is 9.14. The Kier molecular flexibility index (Phi) is 5.68. The van der Waals surface area contributed by atoms with Crippen molar-refractivity contribution in [2.24, 2.45) is 0 Å². The lowest BCUT2D eigenvalue weighted by molar-refractivity contribution is 0.0746. The fourth-order valence-corrected chi connectivity index (χ4v) is 4.83. The van der Waals surface area contributed by atoms with Crippen molar-refractivity contribution < 1.29 is 4.79 Å². The van der Waals surface area contributed by atoms with E-state index in [0.29, 0.717) is 33.0 Å². The molecule has 32 heavy (non-hydrogen) atoms. The second-order valence-corrected chi connectivity index (χ2v) is 8.95. The normalized spacial score (nSPS) is 15.3. The lowest BCUT2D eigenvalue weighted by Gasteiger charge is -2.27. The van der Waals surface area contributed by atoms with Gasteiger partial charge in [-0.1, -0.05) is 83.3 Å². The van der Waals surface area contributed by atoms with Crippen molar-refractivity contribution in [3.63, 3.8) is 0 Å². The molecule has 0 radical (unpaired) electrons. The van der Waals surface area contributed by atoms with E-state index in [9.17, 15) is 4.79 Å². The van der Waals surface area contributed by atoms with E-state index in [1.165, 1.54) is 0 Å². The number of aromatic amines is 1. The third kappa shape index (κ3) is 3.79. The molecular formula is C25H18Cl3N3O. The van der Waals surface area contributed by atoms with Crippen LogP contribution in [0.2, 0.25) is 15.1 Å². The summed E-state index contributed by atoms with van der Waals surface area (Å²) in [4.78, 5) is 15.3. The Hall–Kier alpha value is -2.79. The van der Waals surface area contributed by atoms with Gasteiger partial charge in [-0.3, -0.25) is 9.89 Å². The monoisotopic (exact) mass is 481 g/mol. The molecule has 2 heterocycles. The largest absolute Gasteiger partial charge is 0.326 e. The minimum Gasteiger partial charge on any atom is -0.326 e. The summed E-state index contributed by atoms with van der Waals surface area (Å²) >= 11 is 18.9. The average Bonchev–Trinajstić information content (AvgIpc) is 3.33. The Morgan fingerprint density at radius 1 is 0.906 bits per heavy atom. The van der Waals surface area contributed by atoms with Crippen molar-refractivity contribution in [1.29, 1.82) is 0 Å². The molecular weight excluding hydrogens is 465 g/mol. The Bertz CT molecular complexity index is 1290. The van der Waals surface area contributed by atoms with Crippen molar-refractivity contribution in [3.05, 3.63) is 110 Å². The van der Waals surface area contributed by atoms with Crippen LogP contribution >= 0.6 is 34.8 Å². The number of H-pyrrole nitrogens is 1. The first-order valence-corrected chi connectivity index (χ1v) is 11.3. The predicted molar refractivity (Wildman–Crippen MR) is 129 cm³/mol. The Balaban J connectivity index is 1.61. The standard InChI is InChI=1S/C25H18Cl3N3O/c26-17-8-6-16(7-9-17)22-21-23(30-29-22)25(32)31(13-12-15-4-2-1-3-5-15)24(21)19-11-10-18(27)14-20(19)28/h1-11,14,24H,12-13H2,(H,29,30). The first-order valence-electron chi connectivity index (χ1n) is 10.2. The summed E-state index contributed by atoms with van der Waals surface area (Å²) in [6.07, 6.45) is 0.724. The number of benzene rings is 3. The molecule has 1 unspecified atom stereocenters. The summed E-state index contributed by atoms with van der Waals surface area (Å²) in [7, 11) is 0. The van der Waals surface area contributed by atoms with Crippen LogP contribution in [0.25, 0.3) is 11.3 Å². The number of hydrogen-bond acceptors (Lipinski definition) is 2. The summed E-state index contributed by atoms with van der Waals surface area (Å²) in [5.74, 6) is -0.0975. The third-order valence-corrected chi connectivity index (χ3v) is 6.54. The molecule has 1 aliphatic rings. The average molecular weight is 483 g/mol. The number of carbonyl (C=O) groups is 1. The molecule has 1 N–H and O–H groups in total. The number of amides is 1. The summed E-state index contributed by atoms with van der Waals surface area (Å²) in [6, 6.07) is 22.5. The number of rotatable bonds is 5. The maximum Gasteiger partial charge on any atom is 0.273 e. The molecule has 4 nitrogen and oxygen atoms in total. The molecule has 0 saturated heterocycles. The number of fused-ring (bicyclic) bond motifs is 1. The van der Waals surface area contributed by atoms with Gasteiger partial charge < -0.3 is 4.90 Å².